The zero-order valence-electron chi connectivity index (χ0n) is 14.3. The minimum Gasteiger partial charge on any atom is -0.370 e. The molecule has 2 aromatic heterocycles. The van der Waals surface area contributed by atoms with Crippen LogP contribution in [0.3, 0.4) is 0 Å². The molecule has 0 aliphatic heterocycles. The number of benzene rings is 2. The molecule has 7 heteroatoms. The third-order valence-electron chi connectivity index (χ3n) is 4.21. The fraction of sp³-hybridized carbons (Fsp3) is 0.100. The molecule has 0 spiro atoms. The average Bonchev–Trinajstić information content (AvgIpc) is 3.09. The highest BCUT2D eigenvalue weighted by Crippen LogP contribution is 2.19. The van der Waals surface area contributed by atoms with E-state index < -0.39 is 11.6 Å². The molecule has 0 atom stereocenters. The fourth-order valence-electron chi connectivity index (χ4n) is 2.88. The van der Waals surface area contributed by atoms with Crippen LogP contribution in [0.1, 0.15) is 5.56 Å². The largest absolute Gasteiger partial charge is 0.370 e. The number of nitrogens with one attached hydrogen (secondary N) is 3. The van der Waals surface area contributed by atoms with E-state index in [0.29, 0.717) is 24.0 Å². The summed E-state index contributed by atoms with van der Waals surface area (Å²) in [7, 11) is 0. The van der Waals surface area contributed by atoms with Gasteiger partial charge in [-0.3, -0.25) is 0 Å². The van der Waals surface area contributed by atoms with Gasteiger partial charge in [-0.05, 0) is 36.2 Å². The van der Waals surface area contributed by atoms with Gasteiger partial charge in [0.1, 0.15) is 5.82 Å². The van der Waals surface area contributed by atoms with Crippen molar-refractivity contribution in [2.24, 2.45) is 0 Å². The second-order valence-electron chi connectivity index (χ2n) is 6.06. The number of H-pyrrole nitrogens is 1. The van der Waals surface area contributed by atoms with Crippen molar-refractivity contribution < 1.29 is 8.78 Å². The normalized spacial score (nSPS) is 10.9. The van der Waals surface area contributed by atoms with Gasteiger partial charge in [-0.25, -0.2) is 13.8 Å². The van der Waals surface area contributed by atoms with E-state index in [1.807, 2.05) is 24.4 Å². The van der Waals surface area contributed by atoms with Gasteiger partial charge in [0.2, 0.25) is 5.95 Å². The first-order chi connectivity index (χ1) is 13.2. The molecular weight excluding hydrogens is 348 g/mol. The van der Waals surface area contributed by atoms with Gasteiger partial charge in [-0.15, -0.1) is 0 Å². The Morgan fingerprint density at radius 3 is 2.78 bits per heavy atom. The fourth-order valence-corrected chi connectivity index (χ4v) is 2.88. The van der Waals surface area contributed by atoms with Crippen LogP contribution in [0.25, 0.3) is 10.9 Å². The van der Waals surface area contributed by atoms with Gasteiger partial charge in [-0.2, -0.15) is 4.98 Å². The lowest BCUT2D eigenvalue weighted by Gasteiger charge is -2.08. The van der Waals surface area contributed by atoms with Gasteiger partial charge in [0.15, 0.2) is 11.6 Å². The smallest absolute Gasteiger partial charge is 0.229 e. The van der Waals surface area contributed by atoms with Crippen LogP contribution in [0.5, 0.6) is 0 Å². The molecule has 0 saturated heterocycles. The van der Waals surface area contributed by atoms with Crippen molar-refractivity contribution in [3.05, 3.63) is 78.1 Å². The number of nitrogens with zero attached hydrogens (tertiary/aromatic N) is 2. The predicted octanol–water partition coefficient (Wildman–Crippen LogP) is 4.63. The first kappa shape index (κ1) is 17.0. The standard InChI is InChI=1S/C20H17F2N5/c21-16-6-5-14(11-17(16)22)26-20-24-10-8-19(27-20)23-9-7-13-12-25-18-4-2-1-3-15(13)18/h1-6,8,10-12,25H,7,9H2,(H2,23,24,26,27). The number of fused-ring (bicyclic) bond motifs is 1. The van der Waals surface area contributed by atoms with Gasteiger partial charge in [0.05, 0.1) is 0 Å². The molecule has 5 nitrogen and oxygen atoms in total. The lowest BCUT2D eigenvalue weighted by molar-refractivity contribution is 0.509. The van der Waals surface area contributed by atoms with Crippen LogP contribution >= 0.6 is 0 Å². The van der Waals surface area contributed by atoms with Gasteiger partial charge in [0.25, 0.3) is 0 Å². The summed E-state index contributed by atoms with van der Waals surface area (Å²) < 4.78 is 26.3. The summed E-state index contributed by atoms with van der Waals surface area (Å²) in [4.78, 5) is 11.7. The molecule has 27 heavy (non-hydrogen) atoms. The maximum Gasteiger partial charge on any atom is 0.229 e. The van der Waals surface area contributed by atoms with Crippen LogP contribution < -0.4 is 10.6 Å². The van der Waals surface area contributed by atoms with Crippen LogP contribution in [-0.2, 0) is 6.42 Å². The second-order valence-corrected chi connectivity index (χ2v) is 6.06. The Hall–Kier alpha value is -3.48. The zero-order valence-corrected chi connectivity index (χ0v) is 14.3. The maximum atomic E-state index is 13.3. The quantitative estimate of drug-likeness (QED) is 0.466. The van der Waals surface area contributed by atoms with Crippen molar-refractivity contribution in [2.75, 3.05) is 17.2 Å². The molecular formula is C20H17F2N5. The molecule has 0 radical (unpaired) electrons. The van der Waals surface area contributed by atoms with Gasteiger partial charge in [-0.1, -0.05) is 18.2 Å². The highest BCUT2D eigenvalue weighted by atomic mass is 19.2. The van der Waals surface area contributed by atoms with Crippen LogP contribution in [0.15, 0.2) is 60.9 Å². The van der Waals surface area contributed by atoms with Gasteiger partial charge < -0.3 is 15.6 Å². The number of aromatic nitrogens is 3. The van der Waals surface area contributed by atoms with Crippen molar-refractivity contribution >= 4 is 28.4 Å². The molecule has 4 aromatic rings. The van der Waals surface area contributed by atoms with Gasteiger partial charge >= 0.3 is 0 Å². The van der Waals surface area contributed by atoms with E-state index in [2.05, 4.69) is 31.7 Å². The van der Waals surface area contributed by atoms with E-state index in [1.54, 1.807) is 12.3 Å². The Labute approximate surface area is 154 Å². The molecule has 0 fully saturated rings. The van der Waals surface area contributed by atoms with Crippen molar-refractivity contribution in [1.29, 1.82) is 0 Å². The Balaban J connectivity index is 1.39. The number of anilines is 3. The third-order valence-corrected chi connectivity index (χ3v) is 4.21. The van der Waals surface area contributed by atoms with E-state index >= 15 is 0 Å². The Morgan fingerprint density at radius 1 is 1.00 bits per heavy atom. The van der Waals surface area contributed by atoms with E-state index in [4.69, 9.17) is 0 Å². The van der Waals surface area contributed by atoms with Gasteiger partial charge in [0, 0.05) is 41.6 Å². The van der Waals surface area contributed by atoms with E-state index in [1.165, 1.54) is 17.0 Å². The Morgan fingerprint density at radius 2 is 1.89 bits per heavy atom. The minimum absolute atomic E-state index is 0.304. The predicted molar refractivity (Wildman–Crippen MR) is 102 cm³/mol. The lowest BCUT2D eigenvalue weighted by Crippen LogP contribution is -2.07. The van der Waals surface area contributed by atoms with Crippen LogP contribution in [0, 0.1) is 11.6 Å². The van der Waals surface area contributed by atoms with Crippen LogP contribution in [0.2, 0.25) is 0 Å². The topological polar surface area (TPSA) is 65.6 Å². The number of rotatable bonds is 6. The molecule has 0 unspecified atom stereocenters. The molecule has 0 bridgehead atoms. The van der Waals surface area contributed by atoms with Crippen molar-refractivity contribution in [2.45, 2.75) is 6.42 Å². The molecule has 0 saturated carbocycles. The van der Waals surface area contributed by atoms with E-state index in [9.17, 15) is 8.78 Å². The van der Waals surface area contributed by atoms with Crippen molar-refractivity contribution in [3.63, 3.8) is 0 Å². The monoisotopic (exact) mass is 365 g/mol. The highest BCUT2D eigenvalue weighted by molar-refractivity contribution is 5.83. The maximum absolute atomic E-state index is 13.3. The van der Waals surface area contributed by atoms with Crippen molar-refractivity contribution in [1.82, 2.24) is 15.0 Å². The number of para-hydroxylation sites is 1. The molecule has 0 aliphatic carbocycles. The molecule has 136 valence electrons. The molecule has 0 amide bonds. The zero-order chi connectivity index (χ0) is 18.6. The summed E-state index contributed by atoms with van der Waals surface area (Å²) in [6.45, 7) is 0.698. The molecule has 3 N–H and O–H groups in total. The lowest BCUT2D eigenvalue weighted by atomic mass is 10.1. The Bertz CT molecular complexity index is 1080. The molecule has 2 aromatic carbocycles. The molecule has 4 rings (SSSR count). The summed E-state index contributed by atoms with van der Waals surface area (Å²) in [5.74, 6) is -0.866. The van der Waals surface area contributed by atoms with Crippen molar-refractivity contribution in [3.8, 4) is 0 Å². The average molecular weight is 365 g/mol. The number of halogens is 2. The first-order valence-electron chi connectivity index (χ1n) is 8.53. The summed E-state index contributed by atoms with van der Waals surface area (Å²) in [6.07, 6.45) is 4.45. The summed E-state index contributed by atoms with van der Waals surface area (Å²) in [5.41, 5.74) is 2.73. The minimum atomic E-state index is -0.923. The van der Waals surface area contributed by atoms with Crippen LogP contribution in [-0.4, -0.2) is 21.5 Å². The third kappa shape index (κ3) is 3.87. The highest BCUT2D eigenvalue weighted by Gasteiger charge is 2.06. The van der Waals surface area contributed by atoms with E-state index in [0.717, 1.165) is 24.1 Å². The summed E-state index contributed by atoms with van der Waals surface area (Å²) in [5, 5.41) is 7.33. The van der Waals surface area contributed by atoms with Crippen LogP contribution in [0.4, 0.5) is 26.2 Å². The molecule has 0 aliphatic rings. The second kappa shape index (κ2) is 7.41. The summed E-state index contributed by atoms with van der Waals surface area (Å²) >= 11 is 0. The number of hydrogen-bond acceptors (Lipinski definition) is 4. The first-order valence-corrected chi connectivity index (χ1v) is 8.53. The number of hydrogen-bond donors (Lipinski definition) is 3. The van der Waals surface area contributed by atoms with E-state index in [-0.39, 0.29) is 0 Å². The molecule has 2 heterocycles. The number of aromatic amines is 1. The SMILES string of the molecule is Fc1ccc(Nc2nccc(NCCc3c[nH]c4ccccc34)n2)cc1F. The summed E-state index contributed by atoms with van der Waals surface area (Å²) in [6, 6.07) is 13.5. The Kier molecular flexibility index (Phi) is 4.65.